The minimum atomic E-state index is -4.39. The second-order valence-corrected chi connectivity index (χ2v) is 9.40. The molecule has 0 bridgehead atoms. The molecular formula is C19H27N3O6S. The minimum absolute atomic E-state index is 0.00156. The molecule has 1 aliphatic carbocycles. The van der Waals surface area contributed by atoms with E-state index in [1.807, 2.05) is 6.07 Å². The maximum Gasteiger partial charge on any atom is 0.410 e. The number of nitrogens with zero attached hydrogens (tertiary/aromatic N) is 1. The number of rotatable bonds is 5. The number of ether oxygens (including phenoxy) is 1. The van der Waals surface area contributed by atoms with Gasteiger partial charge in [-0.1, -0.05) is 30.3 Å². The highest BCUT2D eigenvalue weighted by Gasteiger charge is 2.45. The molecule has 9 nitrogen and oxygen atoms in total. The van der Waals surface area contributed by atoms with E-state index in [-0.39, 0.29) is 31.7 Å². The second-order valence-electron chi connectivity index (χ2n) is 7.70. The maximum atomic E-state index is 12.8. The van der Waals surface area contributed by atoms with Crippen molar-refractivity contribution >= 4 is 22.1 Å². The number of amides is 2. The quantitative estimate of drug-likeness (QED) is 0.599. The SMILES string of the molecule is N[C@H]1CC[C@H](NC(=O)[C@@H]2C[C@@H](S(=O)(=O)O)CN2C(=O)OCc2ccccc2)CC1. The molecule has 3 rings (SSSR count). The van der Waals surface area contributed by atoms with Crippen LogP contribution in [0.25, 0.3) is 0 Å². The summed E-state index contributed by atoms with van der Waals surface area (Å²) < 4.78 is 37.9. The molecular weight excluding hydrogens is 398 g/mol. The first kappa shape index (κ1) is 21.5. The molecule has 2 atom stereocenters. The van der Waals surface area contributed by atoms with Crippen LogP contribution in [0.2, 0.25) is 0 Å². The lowest BCUT2D eigenvalue weighted by molar-refractivity contribution is -0.126. The molecule has 2 fully saturated rings. The standard InChI is InChI=1S/C19H27N3O6S/c20-14-6-8-15(9-7-14)21-18(23)17-10-16(29(25,26)27)11-22(17)19(24)28-12-13-4-2-1-3-5-13/h1-5,14-17H,6-12,20H2,(H,21,23)(H,25,26,27)/t14-,15-,16-,17+/m1/s1. The lowest BCUT2D eigenvalue weighted by atomic mass is 9.91. The van der Waals surface area contributed by atoms with Crippen molar-refractivity contribution in [1.82, 2.24) is 10.2 Å². The smallest absolute Gasteiger partial charge is 0.410 e. The summed E-state index contributed by atoms with van der Waals surface area (Å²) in [5.41, 5.74) is 6.65. The number of likely N-dealkylation sites (tertiary alicyclic amines) is 1. The van der Waals surface area contributed by atoms with Gasteiger partial charge < -0.3 is 15.8 Å². The number of nitrogens with two attached hydrogens (primary N) is 1. The topological polar surface area (TPSA) is 139 Å². The van der Waals surface area contributed by atoms with E-state index in [0.717, 1.165) is 36.1 Å². The van der Waals surface area contributed by atoms with Gasteiger partial charge in [-0.3, -0.25) is 14.2 Å². The monoisotopic (exact) mass is 425 g/mol. The molecule has 0 spiro atoms. The zero-order valence-electron chi connectivity index (χ0n) is 16.1. The number of carbonyl (C=O) groups is 2. The Hall–Kier alpha value is -2.17. The highest BCUT2D eigenvalue weighted by Crippen LogP contribution is 2.25. The van der Waals surface area contributed by atoms with Gasteiger partial charge in [-0.15, -0.1) is 0 Å². The summed E-state index contributed by atoms with van der Waals surface area (Å²) in [7, 11) is -4.39. The number of hydrogen-bond donors (Lipinski definition) is 3. The van der Waals surface area contributed by atoms with Crippen LogP contribution in [0.4, 0.5) is 4.79 Å². The van der Waals surface area contributed by atoms with Gasteiger partial charge in [0.1, 0.15) is 17.9 Å². The van der Waals surface area contributed by atoms with E-state index < -0.39 is 33.4 Å². The third-order valence-electron chi connectivity index (χ3n) is 5.54. The van der Waals surface area contributed by atoms with E-state index in [1.165, 1.54) is 0 Å². The molecule has 29 heavy (non-hydrogen) atoms. The van der Waals surface area contributed by atoms with Crippen LogP contribution in [0.3, 0.4) is 0 Å². The third kappa shape index (κ3) is 5.68. The molecule has 10 heteroatoms. The van der Waals surface area contributed by atoms with Gasteiger partial charge >= 0.3 is 6.09 Å². The lowest BCUT2D eigenvalue weighted by Gasteiger charge is -2.29. The Balaban J connectivity index is 1.66. The van der Waals surface area contributed by atoms with Gasteiger partial charge in [0.25, 0.3) is 10.1 Å². The van der Waals surface area contributed by atoms with Crippen molar-refractivity contribution in [1.29, 1.82) is 0 Å². The largest absolute Gasteiger partial charge is 0.445 e. The first-order chi connectivity index (χ1) is 13.7. The molecule has 1 aliphatic heterocycles. The van der Waals surface area contributed by atoms with Gasteiger partial charge in [0.15, 0.2) is 0 Å². The van der Waals surface area contributed by atoms with E-state index >= 15 is 0 Å². The van der Waals surface area contributed by atoms with Crippen LogP contribution in [-0.4, -0.2) is 59.8 Å². The summed E-state index contributed by atoms with van der Waals surface area (Å²) in [5.74, 6) is -0.437. The van der Waals surface area contributed by atoms with Crippen molar-refractivity contribution in [3.63, 3.8) is 0 Å². The Morgan fingerprint density at radius 2 is 1.83 bits per heavy atom. The lowest BCUT2D eigenvalue weighted by Crippen LogP contribution is -2.50. The van der Waals surface area contributed by atoms with Crippen molar-refractivity contribution in [2.45, 2.75) is 62.1 Å². The first-order valence-electron chi connectivity index (χ1n) is 9.73. The number of nitrogens with one attached hydrogen (secondary N) is 1. The zero-order chi connectivity index (χ0) is 21.0. The molecule has 2 aliphatic rings. The van der Waals surface area contributed by atoms with Crippen LogP contribution < -0.4 is 11.1 Å². The summed E-state index contributed by atoms with van der Waals surface area (Å²) in [6.07, 6.45) is 2.11. The molecule has 4 N–H and O–H groups in total. The van der Waals surface area contributed by atoms with E-state index in [2.05, 4.69) is 5.32 Å². The molecule has 1 aromatic rings. The average Bonchev–Trinajstić information content (AvgIpc) is 3.15. The van der Waals surface area contributed by atoms with Crippen molar-refractivity contribution in [3.8, 4) is 0 Å². The Labute approximate surface area is 170 Å². The maximum absolute atomic E-state index is 12.8. The molecule has 1 aromatic carbocycles. The van der Waals surface area contributed by atoms with Crippen LogP contribution in [0.1, 0.15) is 37.7 Å². The van der Waals surface area contributed by atoms with E-state index in [9.17, 15) is 22.6 Å². The molecule has 2 amide bonds. The molecule has 1 saturated heterocycles. The predicted molar refractivity (Wildman–Crippen MR) is 105 cm³/mol. The van der Waals surface area contributed by atoms with Crippen molar-refractivity contribution in [2.75, 3.05) is 6.54 Å². The minimum Gasteiger partial charge on any atom is -0.445 e. The average molecular weight is 426 g/mol. The summed E-state index contributed by atoms with van der Waals surface area (Å²) in [6.45, 7) is -0.290. The van der Waals surface area contributed by atoms with Crippen LogP contribution in [-0.2, 0) is 26.3 Å². The third-order valence-corrected chi connectivity index (χ3v) is 6.73. The van der Waals surface area contributed by atoms with E-state index in [0.29, 0.717) is 0 Å². The molecule has 0 radical (unpaired) electrons. The summed E-state index contributed by atoms with van der Waals surface area (Å²) in [6, 6.07) is 8.07. The summed E-state index contributed by atoms with van der Waals surface area (Å²) in [5, 5.41) is 1.67. The Kier molecular flexibility index (Phi) is 6.76. The van der Waals surface area contributed by atoms with Crippen LogP contribution in [0.15, 0.2) is 30.3 Å². The molecule has 0 aromatic heterocycles. The Morgan fingerprint density at radius 3 is 2.45 bits per heavy atom. The van der Waals surface area contributed by atoms with Crippen molar-refractivity contribution in [2.24, 2.45) is 5.73 Å². The molecule has 1 saturated carbocycles. The zero-order valence-corrected chi connectivity index (χ0v) is 16.9. The van der Waals surface area contributed by atoms with Crippen molar-refractivity contribution < 1.29 is 27.3 Å². The van der Waals surface area contributed by atoms with Gasteiger partial charge in [-0.25, -0.2) is 4.79 Å². The van der Waals surface area contributed by atoms with Gasteiger partial charge in [0, 0.05) is 18.6 Å². The summed E-state index contributed by atoms with van der Waals surface area (Å²) >= 11 is 0. The highest BCUT2D eigenvalue weighted by molar-refractivity contribution is 7.86. The van der Waals surface area contributed by atoms with E-state index in [4.69, 9.17) is 10.5 Å². The van der Waals surface area contributed by atoms with Gasteiger partial charge in [0.2, 0.25) is 5.91 Å². The van der Waals surface area contributed by atoms with Crippen LogP contribution in [0.5, 0.6) is 0 Å². The molecule has 160 valence electrons. The predicted octanol–water partition coefficient (Wildman–Crippen LogP) is 1.04. The van der Waals surface area contributed by atoms with Gasteiger partial charge in [-0.05, 0) is 37.7 Å². The summed E-state index contributed by atoms with van der Waals surface area (Å²) in [4.78, 5) is 26.4. The Bertz CT molecular complexity index is 824. The van der Waals surface area contributed by atoms with Gasteiger partial charge in [0.05, 0.1) is 0 Å². The van der Waals surface area contributed by atoms with Crippen molar-refractivity contribution in [3.05, 3.63) is 35.9 Å². The first-order valence-corrected chi connectivity index (χ1v) is 11.2. The fraction of sp³-hybridized carbons (Fsp3) is 0.579. The second kappa shape index (κ2) is 9.10. The number of hydrogen-bond acceptors (Lipinski definition) is 6. The fourth-order valence-corrected chi connectivity index (χ4v) is 4.60. The van der Waals surface area contributed by atoms with E-state index in [1.54, 1.807) is 24.3 Å². The van der Waals surface area contributed by atoms with Crippen LogP contribution in [0, 0.1) is 0 Å². The fourth-order valence-electron chi connectivity index (χ4n) is 3.83. The molecule has 0 unspecified atom stereocenters. The van der Waals surface area contributed by atoms with Gasteiger partial charge in [-0.2, -0.15) is 8.42 Å². The highest BCUT2D eigenvalue weighted by atomic mass is 32.2. The number of benzene rings is 1. The molecule has 1 heterocycles. The normalized spacial score (nSPS) is 27.4. The number of carbonyl (C=O) groups excluding carboxylic acids is 2. The van der Waals surface area contributed by atoms with Crippen LogP contribution >= 0.6 is 0 Å². The Morgan fingerprint density at radius 1 is 1.17 bits per heavy atom.